The van der Waals surface area contributed by atoms with E-state index in [-0.39, 0.29) is 51.0 Å². The third-order valence-electron chi connectivity index (χ3n) is 8.21. The average molecular weight is 810 g/mol. The van der Waals surface area contributed by atoms with Crippen molar-refractivity contribution >= 4 is 93.4 Å². The van der Waals surface area contributed by atoms with Crippen molar-refractivity contribution in [2.24, 2.45) is 20.5 Å². The maximum absolute atomic E-state index is 12.6. The Morgan fingerprint density at radius 3 is 1.58 bits per heavy atom. The van der Waals surface area contributed by atoms with Crippen LogP contribution in [-0.4, -0.2) is 69.0 Å². The number of azo groups is 2. The molecule has 3 N–H and O–H groups in total. The van der Waals surface area contributed by atoms with Gasteiger partial charge in [0, 0.05) is 34.9 Å². The molecule has 0 saturated carbocycles. The van der Waals surface area contributed by atoms with E-state index in [0.29, 0.717) is 17.1 Å². The normalized spacial score (nSPS) is 12.3. The first-order valence-electron chi connectivity index (χ1n) is 15.8. The first-order chi connectivity index (χ1) is 25.4. The number of phenols is 1. The molecule has 0 aromatic heterocycles. The minimum Gasteiger partial charge on any atom is -0.505 e. The second-order valence-corrected chi connectivity index (χ2v) is 16.5. The SMILES string of the molecule is Cc1ccc(S(=O)(=O)Oc2ccc(N=Nc3ccc(-c4ccc(N=Nc5c(S(=O)(=O)O)cc6cc(S(=O)(=O)O)ccc6c5O)cc4C)c(C)c3)cc2)cc1.[Na]. The van der Waals surface area contributed by atoms with E-state index in [4.69, 9.17) is 4.18 Å². The van der Waals surface area contributed by atoms with Gasteiger partial charge in [0.25, 0.3) is 20.2 Å². The van der Waals surface area contributed by atoms with Crippen molar-refractivity contribution in [3.63, 3.8) is 0 Å². The zero-order valence-corrected chi connectivity index (χ0v) is 34.1. The molecule has 1 radical (unpaired) electrons. The van der Waals surface area contributed by atoms with E-state index < -0.39 is 51.6 Å². The summed E-state index contributed by atoms with van der Waals surface area (Å²) in [6, 6.07) is 27.1. The topological polar surface area (TPSA) is 222 Å². The molecule has 277 valence electrons. The molecule has 0 saturated heterocycles. The second kappa shape index (κ2) is 16.1. The number of phenolic OH excluding ortho intramolecular Hbond substituents is 1. The summed E-state index contributed by atoms with van der Waals surface area (Å²) >= 11 is 0. The van der Waals surface area contributed by atoms with Gasteiger partial charge in [-0.3, -0.25) is 9.11 Å². The van der Waals surface area contributed by atoms with Crippen LogP contribution in [-0.2, 0) is 30.4 Å². The molecule has 0 spiro atoms. The van der Waals surface area contributed by atoms with E-state index in [1.165, 1.54) is 24.3 Å². The summed E-state index contributed by atoms with van der Waals surface area (Å²) in [5.41, 5.74) is 5.10. The number of aryl methyl sites for hydroxylation is 3. The van der Waals surface area contributed by atoms with Crippen molar-refractivity contribution in [1.82, 2.24) is 0 Å². The summed E-state index contributed by atoms with van der Waals surface area (Å²) in [6.45, 7) is 5.60. The molecule has 0 bridgehead atoms. The minimum atomic E-state index is -4.96. The van der Waals surface area contributed by atoms with E-state index in [9.17, 15) is 39.5 Å². The van der Waals surface area contributed by atoms with Crippen molar-refractivity contribution in [1.29, 1.82) is 0 Å². The molecule has 6 rings (SSSR count). The minimum absolute atomic E-state index is 0. The van der Waals surface area contributed by atoms with Crippen LogP contribution in [0.15, 0.2) is 144 Å². The first-order valence-corrected chi connectivity index (χ1v) is 20.1. The number of fused-ring (bicyclic) bond motifs is 1. The standard InChI is InChI=1S/C37H30N4O10S3.Na/c1-22-4-12-30(13-5-22)54(49,50)51-29-10-6-26(7-11-29)38-39-27-8-15-32(23(2)18-27)33-16-9-28(19-24(33)3)40-41-36-35(53(46,47)48)21-25-20-31(52(43,44)45)14-17-34(25)37(36)42;/h4-21,42H,1-3H3,(H,43,44,45)(H,46,47,48);. The van der Waals surface area contributed by atoms with Gasteiger partial charge in [-0.15, -0.1) is 5.11 Å². The molecule has 0 heterocycles. The monoisotopic (exact) mass is 809 g/mol. The van der Waals surface area contributed by atoms with Crippen LogP contribution in [0.4, 0.5) is 22.7 Å². The summed E-state index contributed by atoms with van der Waals surface area (Å²) in [7, 11) is -13.6. The third kappa shape index (κ3) is 9.52. The molecular formula is C37H30N4NaO10S3. The van der Waals surface area contributed by atoms with Gasteiger partial charge in [-0.2, -0.15) is 40.6 Å². The number of hydrogen-bond donors (Lipinski definition) is 3. The van der Waals surface area contributed by atoms with Gasteiger partial charge in [-0.1, -0.05) is 29.8 Å². The summed E-state index contributed by atoms with van der Waals surface area (Å²) in [4.78, 5) is -1.31. The molecule has 0 unspecified atom stereocenters. The van der Waals surface area contributed by atoms with Gasteiger partial charge in [-0.05, 0) is 133 Å². The van der Waals surface area contributed by atoms with Gasteiger partial charge in [0.15, 0.2) is 5.75 Å². The van der Waals surface area contributed by atoms with Crippen LogP contribution in [0.2, 0.25) is 0 Å². The van der Waals surface area contributed by atoms with Crippen molar-refractivity contribution in [2.45, 2.75) is 35.5 Å². The molecular weight excluding hydrogens is 780 g/mol. The zero-order valence-electron chi connectivity index (χ0n) is 29.6. The molecule has 14 nitrogen and oxygen atoms in total. The van der Waals surface area contributed by atoms with Crippen LogP contribution >= 0.6 is 0 Å². The van der Waals surface area contributed by atoms with Crippen LogP contribution in [0.25, 0.3) is 21.9 Å². The Morgan fingerprint density at radius 2 is 1.05 bits per heavy atom. The van der Waals surface area contributed by atoms with Gasteiger partial charge in [0.1, 0.15) is 21.2 Å². The Bertz CT molecular complexity index is 2850. The fourth-order valence-corrected chi connectivity index (χ4v) is 7.58. The first kappa shape index (κ1) is 41.3. The molecule has 0 fully saturated rings. The maximum atomic E-state index is 12.6. The van der Waals surface area contributed by atoms with E-state index >= 15 is 0 Å². The van der Waals surface area contributed by atoms with Crippen LogP contribution in [0.5, 0.6) is 11.5 Å². The molecule has 0 aliphatic rings. The van der Waals surface area contributed by atoms with Crippen LogP contribution < -0.4 is 4.18 Å². The Hall–Kier alpha value is -4.85. The quantitative estimate of drug-likeness (QED) is 0.0516. The zero-order chi connectivity index (χ0) is 39.0. The van der Waals surface area contributed by atoms with Crippen molar-refractivity contribution in [3.05, 3.63) is 126 Å². The van der Waals surface area contributed by atoms with Gasteiger partial charge >= 0.3 is 10.1 Å². The summed E-state index contributed by atoms with van der Waals surface area (Å²) in [6.07, 6.45) is 0. The van der Waals surface area contributed by atoms with Crippen LogP contribution in [0.3, 0.4) is 0 Å². The molecule has 0 atom stereocenters. The predicted octanol–water partition coefficient (Wildman–Crippen LogP) is 8.85. The van der Waals surface area contributed by atoms with E-state index in [2.05, 4.69) is 20.5 Å². The number of nitrogens with zero attached hydrogens (tertiary/aromatic N) is 4. The number of rotatable bonds is 10. The largest absolute Gasteiger partial charge is 0.505 e. The Kier molecular flexibility index (Phi) is 12.1. The Labute approximate surface area is 339 Å². The molecule has 55 heavy (non-hydrogen) atoms. The van der Waals surface area contributed by atoms with Gasteiger partial charge < -0.3 is 9.29 Å². The number of benzene rings is 6. The maximum Gasteiger partial charge on any atom is 0.339 e. The summed E-state index contributed by atoms with van der Waals surface area (Å²) in [5, 5.41) is 27.4. The number of aromatic hydroxyl groups is 1. The van der Waals surface area contributed by atoms with Gasteiger partial charge in [0.05, 0.1) is 22.0 Å². The summed E-state index contributed by atoms with van der Waals surface area (Å²) < 4.78 is 97.2. The van der Waals surface area contributed by atoms with Crippen molar-refractivity contribution < 1.29 is 43.6 Å². The van der Waals surface area contributed by atoms with Crippen molar-refractivity contribution in [3.8, 4) is 22.6 Å². The van der Waals surface area contributed by atoms with Crippen molar-refractivity contribution in [2.75, 3.05) is 0 Å². The van der Waals surface area contributed by atoms with E-state index in [0.717, 1.165) is 52.1 Å². The molecule has 6 aromatic rings. The van der Waals surface area contributed by atoms with E-state index in [1.54, 1.807) is 48.5 Å². The number of hydrogen-bond acceptors (Lipinski definition) is 12. The average Bonchev–Trinajstić information content (AvgIpc) is 3.10. The van der Waals surface area contributed by atoms with Crippen LogP contribution in [0.1, 0.15) is 16.7 Å². The smallest absolute Gasteiger partial charge is 0.339 e. The van der Waals surface area contributed by atoms with E-state index in [1.807, 2.05) is 32.9 Å². The molecule has 6 aromatic carbocycles. The molecule has 0 aliphatic carbocycles. The Morgan fingerprint density at radius 1 is 0.545 bits per heavy atom. The van der Waals surface area contributed by atoms with Gasteiger partial charge in [-0.25, -0.2) is 0 Å². The molecule has 0 aliphatic heterocycles. The fourth-order valence-electron chi connectivity index (χ4n) is 5.48. The summed E-state index contributed by atoms with van der Waals surface area (Å²) in [5.74, 6) is -0.547. The fraction of sp³-hybridized carbons (Fsp3) is 0.0811. The predicted molar refractivity (Wildman–Crippen MR) is 206 cm³/mol. The third-order valence-corrected chi connectivity index (χ3v) is 11.2. The van der Waals surface area contributed by atoms with Gasteiger partial charge in [0.2, 0.25) is 0 Å². The van der Waals surface area contributed by atoms with Crippen LogP contribution in [0, 0.1) is 20.8 Å². The Balaban J connectivity index is 0.00000580. The second-order valence-electron chi connectivity index (χ2n) is 12.1. The molecule has 18 heteroatoms. The molecule has 0 amide bonds.